The summed E-state index contributed by atoms with van der Waals surface area (Å²) >= 11 is 0. The van der Waals surface area contributed by atoms with Crippen molar-refractivity contribution in [1.29, 1.82) is 0 Å². The van der Waals surface area contributed by atoms with Crippen molar-refractivity contribution in [2.24, 2.45) is 5.92 Å². The Hall–Kier alpha value is -0.680. The van der Waals surface area contributed by atoms with Crippen LogP contribution in [0.25, 0.3) is 0 Å². The molecular weight excluding hydrogens is 233 g/mol. The number of hydrogen-bond acceptors (Lipinski definition) is 3. The number of alkyl halides is 1. The summed E-state index contributed by atoms with van der Waals surface area (Å²) in [7, 11) is 0. The molecular formula is C13H24FN3O. The number of piperidine rings is 1. The van der Waals surface area contributed by atoms with E-state index >= 15 is 0 Å². The minimum atomic E-state index is -0.273. The molecule has 2 aliphatic rings. The number of hydrogen-bond donors (Lipinski definition) is 2. The van der Waals surface area contributed by atoms with Gasteiger partial charge in [-0.05, 0) is 44.7 Å². The van der Waals surface area contributed by atoms with Crippen LogP contribution in [-0.4, -0.2) is 56.2 Å². The van der Waals surface area contributed by atoms with Gasteiger partial charge in [-0.15, -0.1) is 0 Å². The van der Waals surface area contributed by atoms with E-state index in [1.807, 2.05) is 0 Å². The summed E-state index contributed by atoms with van der Waals surface area (Å²) in [5, 5.41) is 6.24. The van der Waals surface area contributed by atoms with Gasteiger partial charge >= 0.3 is 0 Å². The molecule has 0 spiro atoms. The van der Waals surface area contributed by atoms with Crippen molar-refractivity contribution >= 4 is 5.91 Å². The predicted octanol–water partition coefficient (Wildman–Crippen LogP) is 0.536. The quantitative estimate of drug-likeness (QED) is 0.755. The average molecular weight is 257 g/mol. The molecule has 4 nitrogen and oxygen atoms in total. The number of carbonyl (C=O) groups excluding carboxylic acids is 1. The molecule has 2 rings (SSSR count). The highest BCUT2D eigenvalue weighted by Crippen LogP contribution is 2.15. The molecule has 104 valence electrons. The van der Waals surface area contributed by atoms with Crippen molar-refractivity contribution < 1.29 is 9.18 Å². The zero-order chi connectivity index (χ0) is 12.8. The molecule has 0 aromatic rings. The van der Waals surface area contributed by atoms with Gasteiger partial charge in [-0.25, -0.2) is 4.39 Å². The average Bonchev–Trinajstić information content (AvgIpc) is 2.91. The fourth-order valence-corrected chi connectivity index (χ4v) is 2.92. The fraction of sp³-hybridized carbons (Fsp3) is 0.923. The largest absolute Gasteiger partial charge is 0.354 e. The van der Waals surface area contributed by atoms with Crippen LogP contribution in [0, 0.1) is 5.92 Å². The molecule has 2 fully saturated rings. The fourth-order valence-electron chi connectivity index (χ4n) is 2.92. The molecule has 18 heavy (non-hydrogen) atoms. The summed E-state index contributed by atoms with van der Waals surface area (Å²) in [5.41, 5.74) is 0. The molecule has 0 aromatic carbocycles. The first kappa shape index (κ1) is 13.7. The van der Waals surface area contributed by atoms with Gasteiger partial charge in [0.05, 0.1) is 6.04 Å². The maximum absolute atomic E-state index is 12.3. The molecule has 0 aliphatic carbocycles. The minimum Gasteiger partial charge on any atom is -0.354 e. The molecule has 2 N–H and O–H groups in total. The Morgan fingerprint density at radius 3 is 3.00 bits per heavy atom. The highest BCUT2D eigenvalue weighted by molar-refractivity contribution is 5.81. The van der Waals surface area contributed by atoms with Gasteiger partial charge in [0, 0.05) is 19.6 Å². The van der Waals surface area contributed by atoms with Crippen molar-refractivity contribution in [3.05, 3.63) is 0 Å². The summed E-state index contributed by atoms with van der Waals surface area (Å²) in [6.07, 6.45) is 4.29. The van der Waals surface area contributed by atoms with Crippen LogP contribution < -0.4 is 10.6 Å². The zero-order valence-electron chi connectivity index (χ0n) is 11.0. The number of rotatable bonds is 5. The lowest BCUT2D eigenvalue weighted by Crippen LogP contribution is -2.45. The van der Waals surface area contributed by atoms with Crippen molar-refractivity contribution in [3.63, 3.8) is 0 Å². The van der Waals surface area contributed by atoms with Gasteiger partial charge in [0.1, 0.15) is 6.67 Å². The smallest absolute Gasteiger partial charge is 0.237 e. The number of nitrogens with zero attached hydrogens (tertiary/aromatic N) is 1. The molecule has 0 radical (unpaired) electrons. The maximum Gasteiger partial charge on any atom is 0.237 e. The van der Waals surface area contributed by atoms with E-state index in [-0.39, 0.29) is 18.6 Å². The molecule has 5 heteroatoms. The first-order valence-electron chi connectivity index (χ1n) is 7.09. The Morgan fingerprint density at radius 1 is 1.39 bits per heavy atom. The molecule has 1 amide bonds. The van der Waals surface area contributed by atoms with Crippen molar-refractivity contribution in [2.75, 3.05) is 39.4 Å². The lowest BCUT2D eigenvalue weighted by Gasteiger charge is -2.32. The van der Waals surface area contributed by atoms with E-state index in [0.29, 0.717) is 12.5 Å². The van der Waals surface area contributed by atoms with Crippen LogP contribution in [0.5, 0.6) is 0 Å². The first-order chi connectivity index (χ1) is 8.79. The second-order valence-electron chi connectivity index (χ2n) is 5.39. The lowest BCUT2D eigenvalue weighted by atomic mass is 9.98. The summed E-state index contributed by atoms with van der Waals surface area (Å²) in [4.78, 5) is 14.0. The molecule has 2 unspecified atom stereocenters. The highest BCUT2D eigenvalue weighted by atomic mass is 19.1. The third-order valence-corrected chi connectivity index (χ3v) is 3.95. The van der Waals surface area contributed by atoms with Gasteiger partial charge in [-0.3, -0.25) is 4.79 Å². The van der Waals surface area contributed by atoms with Gasteiger partial charge in [-0.1, -0.05) is 0 Å². The maximum atomic E-state index is 12.3. The zero-order valence-corrected chi connectivity index (χ0v) is 11.0. The van der Waals surface area contributed by atoms with Crippen LogP contribution in [0.2, 0.25) is 0 Å². The Kier molecular flexibility index (Phi) is 5.38. The normalized spacial score (nSPS) is 29.4. The molecule has 2 aliphatic heterocycles. The molecule has 2 heterocycles. The van der Waals surface area contributed by atoms with E-state index in [1.54, 1.807) is 0 Å². The number of nitrogens with one attached hydrogen (secondary N) is 2. The van der Waals surface area contributed by atoms with Crippen LogP contribution >= 0.6 is 0 Å². The van der Waals surface area contributed by atoms with Crippen LogP contribution in [0.3, 0.4) is 0 Å². The number of likely N-dealkylation sites (tertiary alicyclic amines) is 1. The molecule has 0 bridgehead atoms. The van der Waals surface area contributed by atoms with Crippen LogP contribution in [0.15, 0.2) is 0 Å². The summed E-state index contributed by atoms with van der Waals surface area (Å²) in [6, 6.07) is 0.00976. The van der Waals surface area contributed by atoms with Crippen molar-refractivity contribution in [3.8, 4) is 0 Å². The lowest BCUT2D eigenvalue weighted by molar-refractivity contribution is -0.123. The van der Waals surface area contributed by atoms with E-state index in [2.05, 4.69) is 15.5 Å². The van der Waals surface area contributed by atoms with Crippen molar-refractivity contribution in [1.82, 2.24) is 15.5 Å². The summed E-state index contributed by atoms with van der Waals surface area (Å²) in [5.74, 6) is 0.616. The SMILES string of the molecule is O=C(NCC1CCCN(CCF)C1)C1CCCN1. The Labute approximate surface area is 108 Å². The molecule has 2 atom stereocenters. The number of amides is 1. The van der Waals surface area contributed by atoms with Crippen LogP contribution in [-0.2, 0) is 4.79 Å². The predicted molar refractivity (Wildman–Crippen MR) is 69.2 cm³/mol. The minimum absolute atomic E-state index is 0.00976. The number of carbonyl (C=O) groups is 1. The van der Waals surface area contributed by atoms with Crippen molar-refractivity contribution in [2.45, 2.75) is 31.7 Å². The van der Waals surface area contributed by atoms with Gasteiger partial charge in [0.15, 0.2) is 0 Å². The Bertz CT molecular complexity index is 267. The van der Waals surface area contributed by atoms with Gasteiger partial charge in [0.25, 0.3) is 0 Å². The Balaban J connectivity index is 1.67. The monoisotopic (exact) mass is 257 g/mol. The topological polar surface area (TPSA) is 44.4 Å². The molecule has 2 saturated heterocycles. The van der Waals surface area contributed by atoms with E-state index < -0.39 is 0 Å². The molecule has 0 aromatic heterocycles. The highest BCUT2D eigenvalue weighted by Gasteiger charge is 2.24. The number of halogens is 1. The third-order valence-electron chi connectivity index (χ3n) is 3.95. The van der Waals surface area contributed by atoms with E-state index in [9.17, 15) is 9.18 Å². The summed E-state index contributed by atoms with van der Waals surface area (Å²) < 4.78 is 12.3. The van der Waals surface area contributed by atoms with Gasteiger partial charge in [-0.2, -0.15) is 0 Å². The van der Waals surface area contributed by atoms with Gasteiger partial charge in [0.2, 0.25) is 5.91 Å². The third kappa shape index (κ3) is 3.92. The van der Waals surface area contributed by atoms with E-state index in [1.165, 1.54) is 0 Å². The van der Waals surface area contributed by atoms with Crippen LogP contribution in [0.4, 0.5) is 4.39 Å². The van der Waals surface area contributed by atoms with E-state index in [0.717, 1.165) is 51.9 Å². The molecule has 0 saturated carbocycles. The second kappa shape index (κ2) is 7.04. The standard InChI is InChI=1S/C13H24FN3O/c14-5-8-17-7-2-3-11(10-17)9-16-13(18)12-4-1-6-15-12/h11-12,15H,1-10H2,(H,16,18). The summed E-state index contributed by atoms with van der Waals surface area (Å²) in [6.45, 7) is 3.87. The Morgan fingerprint density at radius 2 is 2.28 bits per heavy atom. The first-order valence-corrected chi connectivity index (χ1v) is 7.09. The van der Waals surface area contributed by atoms with Gasteiger partial charge < -0.3 is 15.5 Å². The van der Waals surface area contributed by atoms with Crippen LogP contribution in [0.1, 0.15) is 25.7 Å². The second-order valence-corrected chi connectivity index (χ2v) is 5.39. The van der Waals surface area contributed by atoms with E-state index in [4.69, 9.17) is 0 Å².